The molecule has 1 rings (SSSR count). The Bertz CT molecular complexity index is 291. The Balaban J connectivity index is 2.23. The predicted molar refractivity (Wildman–Crippen MR) is 67.4 cm³/mol. The van der Waals surface area contributed by atoms with E-state index in [1.54, 1.807) is 0 Å². The molecule has 2 nitrogen and oxygen atoms in total. The van der Waals surface area contributed by atoms with Crippen molar-refractivity contribution in [3.05, 3.63) is 28.7 Å². The molecule has 0 amide bonds. The summed E-state index contributed by atoms with van der Waals surface area (Å²) < 4.78 is 6.63. The van der Waals surface area contributed by atoms with Gasteiger partial charge in [0.05, 0.1) is 4.47 Å². The first-order valence-corrected chi connectivity index (χ1v) is 6.14. The summed E-state index contributed by atoms with van der Waals surface area (Å²) in [6.45, 7) is 5.94. The van der Waals surface area contributed by atoms with Crippen molar-refractivity contribution in [2.45, 2.75) is 26.3 Å². The van der Waals surface area contributed by atoms with E-state index >= 15 is 0 Å². The zero-order valence-corrected chi connectivity index (χ0v) is 10.9. The van der Waals surface area contributed by atoms with Crippen molar-refractivity contribution in [1.82, 2.24) is 5.32 Å². The molecule has 3 heteroatoms. The molecule has 15 heavy (non-hydrogen) atoms. The van der Waals surface area contributed by atoms with Gasteiger partial charge in [0.15, 0.2) is 0 Å². The third-order valence-electron chi connectivity index (χ3n) is 2.30. The molecule has 1 aromatic carbocycles. The van der Waals surface area contributed by atoms with Gasteiger partial charge in [-0.25, -0.2) is 0 Å². The zero-order chi connectivity index (χ0) is 11.1. The lowest BCUT2D eigenvalue weighted by Gasteiger charge is -2.12. The van der Waals surface area contributed by atoms with E-state index in [1.165, 1.54) is 0 Å². The van der Waals surface area contributed by atoms with E-state index in [1.807, 2.05) is 24.3 Å². The number of hydrogen-bond acceptors (Lipinski definition) is 2. The van der Waals surface area contributed by atoms with Gasteiger partial charge < -0.3 is 10.1 Å². The van der Waals surface area contributed by atoms with Gasteiger partial charge in [0.2, 0.25) is 0 Å². The molecular weight excluding hydrogens is 254 g/mol. The average Bonchev–Trinajstić information content (AvgIpc) is 2.26. The molecule has 0 fully saturated rings. The monoisotopic (exact) mass is 271 g/mol. The normalized spacial score (nSPS) is 12.5. The fraction of sp³-hybridized carbons (Fsp3) is 0.500. The van der Waals surface area contributed by atoms with E-state index < -0.39 is 0 Å². The summed E-state index contributed by atoms with van der Waals surface area (Å²) in [6.07, 6.45) is 1.15. The SMILES string of the molecule is CCC(C)NCCOc1ccccc1Br. The molecule has 1 aromatic rings. The van der Waals surface area contributed by atoms with E-state index in [0.29, 0.717) is 12.6 Å². The maximum absolute atomic E-state index is 5.62. The molecule has 0 heterocycles. The first-order valence-electron chi connectivity index (χ1n) is 5.34. The number of hydrogen-bond donors (Lipinski definition) is 1. The fourth-order valence-corrected chi connectivity index (χ4v) is 1.57. The summed E-state index contributed by atoms with van der Waals surface area (Å²) in [5.74, 6) is 0.906. The maximum atomic E-state index is 5.62. The minimum atomic E-state index is 0.563. The smallest absolute Gasteiger partial charge is 0.133 e. The van der Waals surface area contributed by atoms with Crippen LogP contribution in [0.5, 0.6) is 5.75 Å². The first kappa shape index (κ1) is 12.5. The van der Waals surface area contributed by atoms with Crippen LogP contribution in [0.4, 0.5) is 0 Å². The Morgan fingerprint density at radius 2 is 2.13 bits per heavy atom. The van der Waals surface area contributed by atoms with Crippen LogP contribution in [0.2, 0.25) is 0 Å². The van der Waals surface area contributed by atoms with Gasteiger partial charge in [0.1, 0.15) is 12.4 Å². The third-order valence-corrected chi connectivity index (χ3v) is 2.96. The molecule has 0 aliphatic heterocycles. The van der Waals surface area contributed by atoms with Crippen molar-refractivity contribution in [2.75, 3.05) is 13.2 Å². The Kier molecular flexibility index (Phi) is 5.73. The molecule has 1 N–H and O–H groups in total. The van der Waals surface area contributed by atoms with Crippen molar-refractivity contribution in [1.29, 1.82) is 0 Å². The zero-order valence-electron chi connectivity index (χ0n) is 9.29. The van der Waals surface area contributed by atoms with Gasteiger partial charge in [-0.1, -0.05) is 19.1 Å². The Morgan fingerprint density at radius 1 is 1.40 bits per heavy atom. The molecule has 0 radical (unpaired) electrons. The fourth-order valence-electron chi connectivity index (χ4n) is 1.17. The van der Waals surface area contributed by atoms with E-state index in [4.69, 9.17) is 4.74 Å². The largest absolute Gasteiger partial charge is 0.491 e. The van der Waals surface area contributed by atoms with Crippen LogP contribution >= 0.6 is 15.9 Å². The highest BCUT2D eigenvalue weighted by Gasteiger charge is 1.99. The molecule has 0 spiro atoms. The summed E-state index contributed by atoms with van der Waals surface area (Å²) >= 11 is 3.45. The summed E-state index contributed by atoms with van der Waals surface area (Å²) in [6, 6.07) is 8.47. The lowest BCUT2D eigenvalue weighted by Crippen LogP contribution is -2.29. The molecule has 1 atom stereocenters. The summed E-state index contributed by atoms with van der Waals surface area (Å²) in [4.78, 5) is 0. The summed E-state index contributed by atoms with van der Waals surface area (Å²) in [7, 11) is 0. The van der Waals surface area contributed by atoms with Gasteiger partial charge >= 0.3 is 0 Å². The second-order valence-electron chi connectivity index (χ2n) is 3.54. The summed E-state index contributed by atoms with van der Waals surface area (Å²) in [5, 5.41) is 3.38. The molecular formula is C12H18BrNO. The molecule has 0 aliphatic carbocycles. The standard InChI is InChI=1S/C12H18BrNO/c1-3-10(2)14-8-9-15-12-7-5-4-6-11(12)13/h4-7,10,14H,3,8-9H2,1-2H3. The number of halogens is 1. The predicted octanol–water partition coefficient (Wildman–Crippen LogP) is 3.22. The van der Waals surface area contributed by atoms with Crippen molar-refractivity contribution < 1.29 is 4.74 Å². The molecule has 0 aliphatic rings. The van der Waals surface area contributed by atoms with Gasteiger partial charge in [-0.05, 0) is 41.4 Å². The number of ether oxygens (including phenoxy) is 1. The molecule has 0 saturated heterocycles. The molecule has 0 bridgehead atoms. The van der Waals surface area contributed by atoms with Crippen LogP contribution in [-0.2, 0) is 0 Å². The van der Waals surface area contributed by atoms with Crippen LogP contribution in [0.25, 0.3) is 0 Å². The Hall–Kier alpha value is -0.540. The van der Waals surface area contributed by atoms with Gasteiger partial charge in [-0.2, -0.15) is 0 Å². The Morgan fingerprint density at radius 3 is 2.80 bits per heavy atom. The van der Waals surface area contributed by atoms with E-state index in [9.17, 15) is 0 Å². The van der Waals surface area contributed by atoms with Crippen LogP contribution in [0, 0.1) is 0 Å². The second kappa shape index (κ2) is 6.85. The van der Waals surface area contributed by atoms with Crippen molar-refractivity contribution in [2.24, 2.45) is 0 Å². The van der Waals surface area contributed by atoms with E-state index in [0.717, 1.165) is 23.2 Å². The lowest BCUT2D eigenvalue weighted by molar-refractivity contribution is 0.304. The maximum Gasteiger partial charge on any atom is 0.133 e. The van der Waals surface area contributed by atoms with E-state index in [-0.39, 0.29) is 0 Å². The van der Waals surface area contributed by atoms with Crippen LogP contribution in [0.3, 0.4) is 0 Å². The highest BCUT2D eigenvalue weighted by atomic mass is 79.9. The molecule has 0 saturated carbocycles. The van der Waals surface area contributed by atoms with Crippen molar-refractivity contribution >= 4 is 15.9 Å². The highest BCUT2D eigenvalue weighted by Crippen LogP contribution is 2.23. The minimum Gasteiger partial charge on any atom is -0.491 e. The van der Waals surface area contributed by atoms with Crippen LogP contribution in [-0.4, -0.2) is 19.2 Å². The second-order valence-corrected chi connectivity index (χ2v) is 4.40. The highest BCUT2D eigenvalue weighted by molar-refractivity contribution is 9.10. The minimum absolute atomic E-state index is 0.563. The molecule has 0 aromatic heterocycles. The average molecular weight is 272 g/mol. The van der Waals surface area contributed by atoms with Crippen LogP contribution < -0.4 is 10.1 Å². The van der Waals surface area contributed by atoms with Crippen molar-refractivity contribution in [3.8, 4) is 5.75 Å². The van der Waals surface area contributed by atoms with Gasteiger partial charge in [0.25, 0.3) is 0 Å². The lowest BCUT2D eigenvalue weighted by atomic mass is 10.3. The summed E-state index contributed by atoms with van der Waals surface area (Å²) in [5.41, 5.74) is 0. The Labute approximate surface area is 100 Å². The quantitative estimate of drug-likeness (QED) is 0.803. The first-order chi connectivity index (χ1) is 7.24. The van der Waals surface area contributed by atoms with Gasteiger partial charge in [-0.15, -0.1) is 0 Å². The van der Waals surface area contributed by atoms with E-state index in [2.05, 4.69) is 35.1 Å². The number of nitrogens with one attached hydrogen (secondary N) is 1. The van der Waals surface area contributed by atoms with Crippen LogP contribution in [0.1, 0.15) is 20.3 Å². The van der Waals surface area contributed by atoms with Crippen molar-refractivity contribution in [3.63, 3.8) is 0 Å². The number of rotatable bonds is 6. The molecule has 1 unspecified atom stereocenters. The number of para-hydroxylation sites is 1. The topological polar surface area (TPSA) is 21.3 Å². The van der Waals surface area contributed by atoms with Crippen LogP contribution in [0.15, 0.2) is 28.7 Å². The van der Waals surface area contributed by atoms with Gasteiger partial charge in [0, 0.05) is 12.6 Å². The number of benzene rings is 1. The molecule has 84 valence electrons. The van der Waals surface area contributed by atoms with Gasteiger partial charge in [-0.3, -0.25) is 0 Å². The third kappa shape index (κ3) is 4.67.